The summed E-state index contributed by atoms with van der Waals surface area (Å²) in [7, 11) is 0. The highest BCUT2D eigenvalue weighted by atomic mass is 35.5. The number of aromatic nitrogens is 11. The number of halogens is 10. The van der Waals surface area contributed by atoms with Gasteiger partial charge in [0.1, 0.15) is 58.2 Å². The molecule has 0 aliphatic carbocycles. The van der Waals surface area contributed by atoms with Crippen molar-refractivity contribution in [2.24, 2.45) is 0 Å². The highest BCUT2D eigenvalue weighted by Gasteiger charge is 2.41. The number of ether oxygens (including phenoxy) is 10. The Morgan fingerprint density at radius 1 is 0.407 bits per heavy atom. The molecule has 7 aromatic rings. The summed E-state index contributed by atoms with van der Waals surface area (Å²) in [4.78, 5) is 95.3. The standard InChI is InChI=1S/C23H29F3N6O4.C20H23F3N6O3.C18H21F3N6O2.C17H25ClN4O4/c1-22(2,3)36-21(33)32-5-4-14(13-32)35-19-11-17(29-20(30-19)31-6-8-34-9-7-31)15-12-28-18(27)10-16(15)23(24,25)26;1-12(30)29-3-2-13(11-29)32-18-9-16(26-19(27-18)28-4-6-31-7-5-28)14-10-25-17(24)8-15(14)20(21,22)23;19-18(20,21)13-7-15(22)24-10-12(13)14-8-16(29-11-1-2-23-9-11)26-17(25-14)27-3-5-28-6-4-27;1-17(2,3)26-16(23)22-5-4-12(11-22)25-14-10-13(18)19-15(20-14)21-6-8-24-9-7-21/h10-12,14H,4-9,13H2,1-3H3,(H2,27,28);8-10,13H,2-7,11H2,1H3,(H2,24,25);7-8,10-11,23H,1-6,9H2,(H2,22,24);10,12H,4-9,11H2,1-3H3. The molecule has 15 heterocycles. The van der Waals surface area contributed by atoms with E-state index in [1.54, 1.807) is 36.6 Å². The summed E-state index contributed by atoms with van der Waals surface area (Å²) in [6.07, 6.45) is -9.84. The molecule has 7 aromatic heterocycles. The van der Waals surface area contributed by atoms with Gasteiger partial charge in [-0.15, -0.1) is 0 Å². The quantitative estimate of drug-likeness (QED) is 0.0548. The van der Waals surface area contributed by atoms with Gasteiger partial charge in [-0.2, -0.15) is 59.4 Å². The molecule has 0 bridgehead atoms. The van der Waals surface area contributed by atoms with Gasteiger partial charge in [0.2, 0.25) is 53.2 Å². The van der Waals surface area contributed by atoms with Crippen LogP contribution in [-0.4, -0.2) is 281 Å². The van der Waals surface area contributed by atoms with Crippen molar-refractivity contribution in [2.75, 3.05) is 194 Å². The van der Waals surface area contributed by atoms with E-state index in [9.17, 15) is 53.9 Å². The molecule has 8 saturated heterocycles. The molecule has 4 atom stereocenters. The minimum Gasteiger partial charge on any atom is -0.473 e. The van der Waals surface area contributed by atoms with Gasteiger partial charge in [0.05, 0.1) is 106 Å². The van der Waals surface area contributed by atoms with Crippen molar-refractivity contribution in [3.05, 3.63) is 82.9 Å². The van der Waals surface area contributed by atoms with Gasteiger partial charge in [0.15, 0.2) is 0 Å². The predicted molar refractivity (Wildman–Crippen MR) is 430 cm³/mol. The first-order chi connectivity index (χ1) is 58.3. The summed E-state index contributed by atoms with van der Waals surface area (Å²) in [6.45, 7) is 25.1. The van der Waals surface area contributed by atoms with Crippen molar-refractivity contribution in [1.29, 1.82) is 0 Å². The average Bonchev–Trinajstić information content (AvgIpc) is 1.10. The van der Waals surface area contributed by atoms with E-state index in [1.807, 2.05) is 40.4 Å². The first kappa shape index (κ1) is 91.3. The van der Waals surface area contributed by atoms with E-state index in [1.165, 1.54) is 30.0 Å². The number of nitrogens with two attached hydrogens (primary N) is 3. The van der Waals surface area contributed by atoms with Crippen LogP contribution in [0, 0.1) is 0 Å². The molecule has 0 saturated carbocycles. The lowest BCUT2D eigenvalue weighted by molar-refractivity contribution is -0.137. The van der Waals surface area contributed by atoms with Crippen LogP contribution in [0.15, 0.2) is 61.1 Å². The molecule has 8 fully saturated rings. The molecule has 4 unspecified atom stereocenters. The van der Waals surface area contributed by atoms with E-state index in [4.69, 9.17) is 76.2 Å². The van der Waals surface area contributed by atoms with Crippen molar-refractivity contribution in [1.82, 2.24) is 74.8 Å². The van der Waals surface area contributed by atoms with Crippen LogP contribution in [0.5, 0.6) is 23.5 Å². The fourth-order valence-electron chi connectivity index (χ4n) is 13.8. The van der Waals surface area contributed by atoms with Gasteiger partial charge in [-0.25, -0.2) is 44.5 Å². The number of hydrogen-bond acceptors (Lipinski definition) is 32. The Kier molecular flexibility index (Phi) is 29.5. The van der Waals surface area contributed by atoms with E-state index in [0.717, 1.165) is 62.8 Å². The molecular formula is C78H98ClF9N22O13. The van der Waals surface area contributed by atoms with Gasteiger partial charge in [0.25, 0.3) is 0 Å². The van der Waals surface area contributed by atoms with Crippen LogP contribution in [0.4, 0.5) is 90.3 Å². The number of nitrogen functional groups attached to an aromatic ring is 3. The Morgan fingerprint density at radius 2 is 0.699 bits per heavy atom. The number of pyridine rings is 3. The van der Waals surface area contributed by atoms with Gasteiger partial charge in [-0.05, 0) is 72.7 Å². The first-order valence-electron chi connectivity index (χ1n) is 39.9. The number of hydrogen-bond donors (Lipinski definition) is 4. The van der Waals surface area contributed by atoms with Gasteiger partial charge >= 0.3 is 30.7 Å². The minimum absolute atomic E-state index is 0.00307. The Labute approximate surface area is 707 Å². The SMILES string of the molecule is CC(=O)N1CCC(Oc2cc(-c3cnc(N)cc3C(F)(F)F)nc(N3CCOCC3)n2)C1.CC(C)(C)OC(=O)N1CCC(Oc2cc(-c3cnc(N)cc3C(F)(F)F)nc(N3CCOCC3)n2)C1.CC(C)(C)OC(=O)N1CCC(Oc2cc(Cl)nc(N3CCOCC3)n2)C1.Nc1cc(C(F)(F)F)c(-c2cc(OC3CCNC3)nc(N3CCOCC3)n2)cn1. The molecule has 8 aliphatic heterocycles. The maximum atomic E-state index is 13.8. The fourth-order valence-corrected chi connectivity index (χ4v) is 14.0. The normalized spacial score (nSPS) is 19.7. The third-order valence-electron chi connectivity index (χ3n) is 19.8. The third kappa shape index (κ3) is 25.8. The second kappa shape index (κ2) is 39.7. The number of morpholine rings is 4. The average molecular weight is 1760 g/mol. The van der Waals surface area contributed by atoms with Crippen LogP contribution in [0.25, 0.3) is 33.8 Å². The number of alkyl halides is 9. The highest BCUT2D eigenvalue weighted by molar-refractivity contribution is 6.29. The zero-order valence-corrected chi connectivity index (χ0v) is 69.5. The third-order valence-corrected chi connectivity index (χ3v) is 20.0. The molecule has 8 aliphatic rings. The Bertz CT molecular complexity index is 4780. The predicted octanol–water partition coefficient (Wildman–Crippen LogP) is 9.41. The second-order valence-electron chi connectivity index (χ2n) is 31.5. The Morgan fingerprint density at radius 3 is 0.984 bits per heavy atom. The summed E-state index contributed by atoms with van der Waals surface area (Å²) < 4.78 is 179. The van der Waals surface area contributed by atoms with Crippen molar-refractivity contribution in [3.63, 3.8) is 0 Å². The van der Waals surface area contributed by atoms with Gasteiger partial charge in [-0.1, -0.05) is 11.6 Å². The number of anilines is 7. The number of nitrogens with zero attached hydrogens (tertiary/aromatic N) is 18. The summed E-state index contributed by atoms with van der Waals surface area (Å²) in [5.74, 6) is 1.43. The fraction of sp³-hybridized carbons (Fsp3) is 0.564. The molecule has 35 nitrogen and oxygen atoms in total. The number of amides is 3. The molecule has 0 aromatic carbocycles. The summed E-state index contributed by atoms with van der Waals surface area (Å²) in [5.41, 5.74) is 12.1. The van der Waals surface area contributed by atoms with Crippen LogP contribution >= 0.6 is 11.6 Å². The largest absolute Gasteiger partial charge is 0.473 e. The van der Waals surface area contributed by atoms with Crippen LogP contribution < -0.4 is 61.1 Å². The lowest BCUT2D eigenvalue weighted by atomic mass is 10.1. The van der Waals surface area contributed by atoms with Crippen LogP contribution in [0.3, 0.4) is 0 Å². The van der Waals surface area contributed by atoms with Crippen molar-refractivity contribution in [3.8, 4) is 57.3 Å². The molecular weight excluding hydrogens is 1660 g/mol. The topological polar surface area (TPSA) is 398 Å². The summed E-state index contributed by atoms with van der Waals surface area (Å²) in [6, 6.07) is 8.11. The molecule has 668 valence electrons. The maximum absolute atomic E-state index is 13.8. The van der Waals surface area contributed by atoms with E-state index >= 15 is 0 Å². The zero-order valence-electron chi connectivity index (χ0n) is 68.8. The number of carbonyl (C=O) groups excluding carboxylic acids is 3. The number of likely N-dealkylation sites (tertiary alicyclic amines) is 3. The summed E-state index contributed by atoms with van der Waals surface area (Å²) in [5, 5.41) is 3.52. The lowest BCUT2D eigenvalue weighted by Gasteiger charge is -2.27. The van der Waals surface area contributed by atoms with Gasteiger partial charge in [-0.3, -0.25) is 4.79 Å². The monoisotopic (exact) mass is 1760 g/mol. The van der Waals surface area contributed by atoms with Gasteiger partial charge < -0.3 is 104 Å². The minimum atomic E-state index is -4.67. The smallest absolute Gasteiger partial charge is 0.417 e. The molecule has 45 heteroatoms. The van der Waals surface area contributed by atoms with Gasteiger partial charge in [0, 0.05) is 164 Å². The van der Waals surface area contributed by atoms with Crippen LogP contribution in [-0.2, 0) is 51.7 Å². The van der Waals surface area contributed by atoms with Crippen LogP contribution in [0.2, 0.25) is 5.15 Å². The second-order valence-corrected chi connectivity index (χ2v) is 31.9. The van der Waals surface area contributed by atoms with Crippen molar-refractivity contribution >= 4 is 70.9 Å². The zero-order chi connectivity index (χ0) is 88.1. The molecule has 15 rings (SSSR count). The molecule has 7 N–H and O–H groups in total. The van der Waals surface area contributed by atoms with Crippen molar-refractivity contribution in [2.45, 2.75) is 128 Å². The number of carbonyl (C=O) groups is 3. The molecule has 0 radical (unpaired) electrons. The van der Waals surface area contributed by atoms with E-state index in [2.05, 4.69) is 60.1 Å². The Hall–Kier alpha value is -11.0. The summed E-state index contributed by atoms with van der Waals surface area (Å²) >= 11 is 6.13. The lowest BCUT2D eigenvalue weighted by Crippen LogP contribution is -2.37. The Balaban J connectivity index is 0.000000151. The first-order valence-corrected chi connectivity index (χ1v) is 40.3. The van der Waals surface area contributed by atoms with Crippen LogP contribution in [0.1, 0.15) is 90.8 Å². The van der Waals surface area contributed by atoms with E-state index < -0.39 is 58.6 Å². The maximum Gasteiger partial charge on any atom is 0.417 e. The highest BCUT2D eigenvalue weighted by Crippen LogP contribution is 2.43. The number of nitrogens with one attached hydrogen (secondary N) is 1. The van der Waals surface area contributed by atoms with E-state index in [0.29, 0.717) is 174 Å². The molecule has 3 amide bonds. The number of rotatable bonds is 15. The molecule has 0 spiro atoms. The molecule has 123 heavy (non-hydrogen) atoms. The van der Waals surface area contributed by atoms with Crippen molar-refractivity contribution < 1.29 is 101 Å². The van der Waals surface area contributed by atoms with E-state index in [-0.39, 0.29) is 118 Å².